The molecular weight excluding hydrogens is 202 g/mol. The number of hydrogen-bond acceptors (Lipinski definition) is 5. The zero-order valence-electron chi connectivity index (χ0n) is 9.69. The highest BCUT2D eigenvalue weighted by Gasteiger charge is 2.17. The fourth-order valence-electron chi connectivity index (χ4n) is 2.05. The Balaban J connectivity index is 1.87. The summed E-state index contributed by atoms with van der Waals surface area (Å²) in [4.78, 5) is 10.5. The van der Waals surface area contributed by atoms with Gasteiger partial charge in [-0.05, 0) is 19.4 Å². The van der Waals surface area contributed by atoms with Crippen LogP contribution in [0.25, 0.3) is 0 Å². The minimum Gasteiger partial charge on any atom is -0.384 e. The molecule has 0 aromatic carbocycles. The molecule has 0 unspecified atom stereocenters. The van der Waals surface area contributed by atoms with Crippen molar-refractivity contribution in [3.8, 4) is 0 Å². The van der Waals surface area contributed by atoms with Gasteiger partial charge in [0.1, 0.15) is 18.0 Å². The second kappa shape index (κ2) is 5.12. The van der Waals surface area contributed by atoms with Crippen molar-refractivity contribution >= 4 is 11.6 Å². The van der Waals surface area contributed by atoms with Gasteiger partial charge in [0.2, 0.25) is 0 Å². The van der Waals surface area contributed by atoms with Crippen LogP contribution in [-0.2, 0) is 0 Å². The quantitative estimate of drug-likeness (QED) is 0.795. The van der Waals surface area contributed by atoms with Gasteiger partial charge in [0.15, 0.2) is 0 Å². The molecule has 0 saturated carbocycles. The third-order valence-corrected chi connectivity index (χ3v) is 3.08. The molecule has 0 spiro atoms. The lowest BCUT2D eigenvalue weighted by Gasteiger charge is -2.31. The Morgan fingerprint density at radius 1 is 1.44 bits per heavy atom. The van der Waals surface area contributed by atoms with Crippen molar-refractivity contribution in [3.63, 3.8) is 0 Å². The van der Waals surface area contributed by atoms with Crippen molar-refractivity contribution in [3.05, 3.63) is 12.4 Å². The van der Waals surface area contributed by atoms with E-state index in [0.29, 0.717) is 11.9 Å². The van der Waals surface area contributed by atoms with Crippen LogP contribution in [0.15, 0.2) is 12.4 Å². The number of nitrogens with two attached hydrogens (primary N) is 1. The van der Waals surface area contributed by atoms with Gasteiger partial charge in [-0.3, -0.25) is 0 Å². The normalized spacial score (nSPS) is 18.6. The van der Waals surface area contributed by atoms with Gasteiger partial charge in [-0.15, -0.1) is 0 Å². The Hall–Kier alpha value is -1.36. The maximum atomic E-state index is 5.61. The number of aromatic nitrogens is 2. The summed E-state index contributed by atoms with van der Waals surface area (Å²) in [6, 6.07) is 2.30. The standard InChI is InChI=1S/C11H19N5/c1-2-16-5-3-9(4-6-16)15-11-7-10(12)13-8-14-11/h7-9H,2-6H2,1H3,(H3,12,13,14,15). The number of anilines is 2. The van der Waals surface area contributed by atoms with Crippen LogP contribution in [0.5, 0.6) is 0 Å². The molecule has 16 heavy (non-hydrogen) atoms. The molecule has 3 N–H and O–H groups in total. The Kier molecular flexibility index (Phi) is 3.56. The van der Waals surface area contributed by atoms with Crippen molar-refractivity contribution < 1.29 is 0 Å². The molecule has 1 fully saturated rings. The van der Waals surface area contributed by atoms with E-state index in [9.17, 15) is 0 Å². The first kappa shape index (κ1) is 11.1. The number of nitrogen functional groups attached to an aromatic ring is 1. The van der Waals surface area contributed by atoms with Gasteiger partial charge >= 0.3 is 0 Å². The lowest BCUT2D eigenvalue weighted by atomic mass is 10.1. The molecule has 2 rings (SSSR count). The van der Waals surface area contributed by atoms with Crippen molar-refractivity contribution in [2.45, 2.75) is 25.8 Å². The number of rotatable bonds is 3. The van der Waals surface area contributed by atoms with Gasteiger partial charge in [-0.2, -0.15) is 0 Å². The first-order chi connectivity index (χ1) is 7.78. The van der Waals surface area contributed by atoms with Crippen LogP contribution in [0.1, 0.15) is 19.8 Å². The van der Waals surface area contributed by atoms with E-state index in [2.05, 4.69) is 27.1 Å². The third kappa shape index (κ3) is 2.82. The molecule has 1 aromatic heterocycles. The topological polar surface area (TPSA) is 67.1 Å². The van der Waals surface area contributed by atoms with Gasteiger partial charge < -0.3 is 16.0 Å². The predicted octanol–water partition coefficient (Wildman–Crippen LogP) is 0.955. The summed E-state index contributed by atoms with van der Waals surface area (Å²) < 4.78 is 0. The first-order valence-corrected chi connectivity index (χ1v) is 5.84. The Morgan fingerprint density at radius 3 is 2.81 bits per heavy atom. The fourth-order valence-corrected chi connectivity index (χ4v) is 2.05. The van der Waals surface area contributed by atoms with Gasteiger partial charge in [-0.1, -0.05) is 6.92 Å². The molecule has 1 aromatic rings. The average Bonchev–Trinajstić information content (AvgIpc) is 2.30. The summed E-state index contributed by atoms with van der Waals surface area (Å²) in [6.45, 7) is 5.68. The lowest BCUT2D eigenvalue weighted by molar-refractivity contribution is 0.229. The zero-order valence-corrected chi connectivity index (χ0v) is 9.69. The number of nitrogens with zero attached hydrogens (tertiary/aromatic N) is 3. The molecule has 0 atom stereocenters. The highest BCUT2D eigenvalue weighted by atomic mass is 15.1. The Labute approximate surface area is 96.1 Å². The Bertz CT molecular complexity index is 333. The maximum Gasteiger partial charge on any atom is 0.131 e. The predicted molar refractivity (Wildman–Crippen MR) is 65.2 cm³/mol. The van der Waals surface area contributed by atoms with Crippen molar-refractivity contribution in [2.75, 3.05) is 30.7 Å². The van der Waals surface area contributed by atoms with E-state index >= 15 is 0 Å². The van der Waals surface area contributed by atoms with Crippen LogP contribution < -0.4 is 11.1 Å². The summed E-state index contributed by atoms with van der Waals surface area (Å²) in [5.74, 6) is 1.35. The molecule has 1 saturated heterocycles. The summed E-state index contributed by atoms with van der Waals surface area (Å²) in [6.07, 6.45) is 3.83. The monoisotopic (exact) mass is 221 g/mol. The first-order valence-electron chi connectivity index (χ1n) is 5.84. The number of likely N-dealkylation sites (tertiary alicyclic amines) is 1. The smallest absolute Gasteiger partial charge is 0.131 e. The molecule has 5 nitrogen and oxygen atoms in total. The molecule has 0 aliphatic carbocycles. The van der Waals surface area contributed by atoms with Crippen LogP contribution in [0, 0.1) is 0 Å². The van der Waals surface area contributed by atoms with Gasteiger partial charge in [0.25, 0.3) is 0 Å². The van der Waals surface area contributed by atoms with Crippen molar-refractivity contribution in [1.82, 2.24) is 14.9 Å². The second-order valence-corrected chi connectivity index (χ2v) is 4.18. The minimum atomic E-state index is 0.511. The zero-order chi connectivity index (χ0) is 11.4. The van der Waals surface area contributed by atoms with Gasteiger partial charge in [0, 0.05) is 25.2 Å². The van der Waals surface area contributed by atoms with E-state index < -0.39 is 0 Å². The van der Waals surface area contributed by atoms with Gasteiger partial charge in [-0.25, -0.2) is 9.97 Å². The number of piperidine rings is 1. The molecule has 1 aliphatic rings. The van der Waals surface area contributed by atoms with Crippen molar-refractivity contribution in [2.24, 2.45) is 0 Å². The van der Waals surface area contributed by atoms with E-state index in [0.717, 1.165) is 38.3 Å². The summed E-state index contributed by atoms with van der Waals surface area (Å²) in [5, 5.41) is 3.41. The molecule has 2 heterocycles. The van der Waals surface area contributed by atoms with E-state index in [1.165, 1.54) is 6.33 Å². The van der Waals surface area contributed by atoms with Crippen LogP contribution in [0.3, 0.4) is 0 Å². The average molecular weight is 221 g/mol. The molecule has 5 heteroatoms. The molecule has 0 amide bonds. The third-order valence-electron chi connectivity index (χ3n) is 3.08. The van der Waals surface area contributed by atoms with Crippen LogP contribution in [0.4, 0.5) is 11.6 Å². The lowest BCUT2D eigenvalue weighted by Crippen LogP contribution is -2.39. The molecule has 1 aliphatic heterocycles. The van der Waals surface area contributed by atoms with Gasteiger partial charge in [0.05, 0.1) is 0 Å². The van der Waals surface area contributed by atoms with Crippen LogP contribution >= 0.6 is 0 Å². The highest BCUT2D eigenvalue weighted by Crippen LogP contribution is 2.15. The van der Waals surface area contributed by atoms with E-state index in [1.54, 1.807) is 6.07 Å². The summed E-state index contributed by atoms with van der Waals surface area (Å²) in [5.41, 5.74) is 5.61. The largest absolute Gasteiger partial charge is 0.384 e. The van der Waals surface area contributed by atoms with Crippen LogP contribution in [0.2, 0.25) is 0 Å². The minimum absolute atomic E-state index is 0.511. The van der Waals surface area contributed by atoms with E-state index in [4.69, 9.17) is 5.73 Å². The summed E-state index contributed by atoms with van der Waals surface area (Å²) in [7, 11) is 0. The Morgan fingerprint density at radius 2 is 2.19 bits per heavy atom. The molecule has 88 valence electrons. The summed E-state index contributed by atoms with van der Waals surface area (Å²) >= 11 is 0. The van der Waals surface area contributed by atoms with E-state index in [1.807, 2.05) is 0 Å². The van der Waals surface area contributed by atoms with Crippen molar-refractivity contribution in [1.29, 1.82) is 0 Å². The number of hydrogen-bond donors (Lipinski definition) is 2. The fraction of sp³-hybridized carbons (Fsp3) is 0.636. The molecular formula is C11H19N5. The molecule has 0 bridgehead atoms. The second-order valence-electron chi connectivity index (χ2n) is 4.18. The maximum absolute atomic E-state index is 5.61. The SMILES string of the molecule is CCN1CCC(Nc2cc(N)ncn2)CC1. The number of nitrogens with one attached hydrogen (secondary N) is 1. The highest BCUT2D eigenvalue weighted by molar-refractivity contribution is 5.43. The van der Waals surface area contributed by atoms with Crippen LogP contribution in [-0.4, -0.2) is 40.5 Å². The van der Waals surface area contributed by atoms with E-state index in [-0.39, 0.29) is 0 Å². The molecule has 0 radical (unpaired) electrons.